The van der Waals surface area contributed by atoms with E-state index in [1.807, 2.05) is 0 Å². The summed E-state index contributed by atoms with van der Waals surface area (Å²) in [4.78, 5) is 0. The van der Waals surface area contributed by atoms with Crippen LogP contribution in [-0.2, 0) is 10.9 Å². The fourth-order valence-corrected chi connectivity index (χ4v) is 3.26. The third-order valence-corrected chi connectivity index (χ3v) is 4.30. The van der Waals surface area contributed by atoms with Gasteiger partial charge in [0.25, 0.3) is 0 Å². The van der Waals surface area contributed by atoms with Gasteiger partial charge in [-0.1, -0.05) is 18.9 Å². The molecule has 1 aromatic rings. The number of nitrogens with one attached hydrogen (secondary N) is 1. The lowest BCUT2D eigenvalue weighted by Crippen LogP contribution is -2.42. The average Bonchev–Trinajstić information content (AvgIpc) is 2.88. The van der Waals surface area contributed by atoms with Crippen LogP contribution in [0.5, 0.6) is 0 Å². The summed E-state index contributed by atoms with van der Waals surface area (Å²) in [5, 5.41) is 3.06. The van der Waals surface area contributed by atoms with Gasteiger partial charge in [-0.25, -0.2) is 4.39 Å². The standard InChI is InChI=1S/C15H19F4NO/c1-20-13(14(21-2)7-3-4-8-14)10-5-6-11(12(16)9-10)15(17,18)19/h5-6,9,13,20H,3-4,7-8H2,1-2H3. The third-order valence-electron chi connectivity index (χ3n) is 4.30. The van der Waals surface area contributed by atoms with Gasteiger partial charge in [-0.05, 0) is 37.6 Å². The van der Waals surface area contributed by atoms with Gasteiger partial charge in [-0.2, -0.15) is 13.2 Å². The normalized spacial score (nSPS) is 19.7. The summed E-state index contributed by atoms with van der Waals surface area (Å²) >= 11 is 0. The molecular formula is C15H19F4NO. The Labute approximate surface area is 121 Å². The maximum Gasteiger partial charge on any atom is 0.419 e. The fourth-order valence-electron chi connectivity index (χ4n) is 3.26. The molecule has 0 heterocycles. The number of benzene rings is 1. The highest BCUT2D eigenvalue weighted by molar-refractivity contribution is 5.30. The van der Waals surface area contributed by atoms with E-state index in [-0.39, 0.29) is 6.04 Å². The van der Waals surface area contributed by atoms with Crippen LogP contribution in [0.1, 0.15) is 42.9 Å². The summed E-state index contributed by atoms with van der Waals surface area (Å²) in [6.45, 7) is 0. The Kier molecular flexibility index (Phi) is 4.58. The highest BCUT2D eigenvalue weighted by atomic mass is 19.4. The Balaban J connectivity index is 2.37. The zero-order valence-electron chi connectivity index (χ0n) is 12.1. The molecule has 1 aliphatic carbocycles. The molecule has 0 bridgehead atoms. The summed E-state index contributed by atoms with van der Waals surface area (Å²) in [5.74, 6) is -1.25. The second kappa shape index (κ2) is 5.93. The minimum atomic E-state index is -4.68. The summed E-state index contributed by atoms with van der Waals surface area (Å²) in [6.07, 6.45) is -1.08. The molecule has 2 rings (SSSR count). The van der Waals surface area contributed by atoms with Crippen molar-refractivity contribution in [3.8, 4) is 0 Å². The first-order chi connectivity index (χ1) is 9.84. The quantitative estimate of drug-likeness (QED) is 0.847. The SMILES string of the molecule is CNC(c1ccc(C(F)(F)F)c(F)c1)C1(OC)CCCC1. The van der Waals surface area contributed by atoms with Crippen molar-refractivity contribution in [3.63, 3.8) is 0 Å². The first-order valence-corrected chi connectivity index (χ1v) is 6.93. The second-order valence-electron chi connectivity index (χ2n) is 5.43. The Hall–Kier alpha value is -1.14. The van der Waals surface area contributed by atoms with E-state index < -0.39 is 23.2 Å². The number of alkyl halides is 3. The molecule has 1 aromatic carbocycles. The first-order valence-electron chi connectivity index (χ1n) is 6.93. The Bertz CT molecular complexity index is 495. The van der Waals surface area contributed by atoms with Gasteiger partial charge in [-0.3, -0.25) is 0 Å². The maximum absolute atomic E-state index is 13.8. The summed E-state index contributed by atoms with van der Waals surface area (Å²) in [5.41, 5.74) is -1.24. The number of hydrogen-bond donors (Lipinski definition) is 1. The van der Waals surface area contributed by atoms with Crippen LogP contribution < -0.4 is 5.32 Å². The van der Waals surface area contributed by atoms with Gasteiger partial charge in [0.1, 0.15) is 5.82 Å². The smallest absolute Gasteiger partial charge is 0.376 e. The van der Waals surface area contributed by atoms with Gasteiger partial charge >= 0.3 is 6.18 Å². The van der Waals surface area contributed by atoms with Crippen LogP contribution >= 0.6 is 0 Å². The summed E-state index contributed by atoms with van der Waals surface area (Å²) in [6, 6.07) is 2.75. The monoisotopic (exact) mass is 305 g/mol. The van der Waals surface area contributed by atoms with Crippen LogP contribution in [0, 0.1) is 5.82 Å². The molecule has 21 heavy (non-hydrogen) atoms. The number of ether oxygens (including phenoxy) is 1. The molecule has 1 unspecified atom stereocenters. The van der Waals surface area contributed by atoms with Crippen molar-refractivity contribution < 1.29 is 22.3 Å². The highest BCUT2D eigenvalue weighted by Crippen LogP contribution is 2.43. The van der Waals surface area contributed by atoms with Crippen molar-refractivity contribution >= 4 is 0 Å². The molecule has 0 aromatic heterocycles. The van der Waals surface area contributed by atoms with Gasteiger partial charge in [0, 0.05) is 7.11 Å². The molecule has 1 N–H and O–H groups in total. The molecule has 1 fully saturated rings. The van der Waals surface area contributed by atoms with Gasteiger partial charge in [0.15, 0.2) is 0 Å². The Morgan fingerprint density at radius 1 is 1.24 bits per heavy atom. The molecule has 0 amide bonds. The minimum Gasteiger partial charge on any atom is -0.376 e. The van der Waals surface area contributed by atoms with Crippen LogP contribution in [0.25, 0.3) is 0 Å². The first kappa shape index (κ1) is 16.2. The van der Waals surface area contributed by atoms with Gasteiger partial charge in [0.2, 0.25) is 0 Å². The summed E-state index contributed by atoms with van der Waals surface area (Å²) in [7, 11) is 3.30. The van der Waals surface area contributed by atoms with E-state index in [2.05, 4.69) is 5.32 Å². The van der Waals surface area contributed by atoms with E-state index in [9.17, 15) is 17.6 Å². The van der Waals surface area contributed by atoms with Crippen molar-refractivity contribution in [2.75, 3.05) is 14.2 Å². The number of likely N-dealkylation sites (N-methyl/N-ethyl adjacent to an activating group) is 1. The van der Waals surface area contributed by atoms with E-state index in [1.165, 1.54) is 6.07 Å². The van der Waals surface area contributed by atoms with Crippen LogP contribution in [-0.4, -0.2) is 19.8 Å². The largest absolute Gasteiger partial charge is 0.419 e. The lowest BCUT2D eigenvalue weighted by atomic mass is 9.86. The molecule has 118 valence electrons. The molecule has 6 heteroatoms. The topological polar surface area (TPSA) is 21.3 Å². The predicted molar refractivity (Wildman–Crippen MR) is 71.4 cm³/mol. The highest BCUT2D eigenvalue weighted by Gasteiger charge is 2.42. The number of hydrogen-bond acceptors (Lipinski definition) is 2. The maximum atomic E-state index is 13.8. The van der Waals surface area contributed by atoms with E-state index in [1.54, 1.807) is 14.2 Å². The van der Waals surface area contributed by atoms with Gasteiger partial charge in [-0.15, -0.1) is 0 Å². The average molecular weight is 305 g/mol. The van der Waals surface area contributed by atoms with Crippen LogP contribution in [0.3, 0.4) is 0 Å². The van der Waals surface area contributed by atoms with Gasteiger partial charge < -0.3 is 10.1 Å². The lowest BCUT2D eigenvalue weighted by Gasteiger charge is -2.36. The molecule has 1 saturated carbocycles. The van der Waals surface area contributed by atoms with E-state index in [4.69, 9.17) is 4.74 Å². The molecule has 0 saturated heterocycles. The van der Waals surface area contributed by atoms with Crippen molar-refractivity contribution in [3.05, 3.63) is 35.1 Å². The Morgan fingerprint density at radius 3 is 2.29 bits per heavy atom. The molecule has 1 aliphatic rings. The van der Waals surface area contributed by atoms with Crippen molar-refractivity contribution in [1.29, 1.82) is 0 Å². The van der Waals surface area contributed by atoms with Crippen LogP contribution in [0.15, 0.2) is 18.2 Å². The zero-order chi connectivity index (χ0) is 15.7. The summed E-state index contributed by atoms with van der Waals surface area (Å²) < 4.78 is 57.3. The van der Waals surface area contributed by atoms with Crippen molar-refractivity contribution in [2.24, 2.45) is 0 Å². The third kappa shape index (κ3) is 3.06. The van der Waals surface area contributed by atoms with E-state index in [0.29, 0.717) is 5.56 Å². The second-order valence-corrected chi connectivity index (χ2v) is 5.43. The lowest BCUT2D eigenvalue weighted by molar-refractivity contribution is -0.140. The molecular weight excluding hydrogens is 286 g/mol. The molecule has 0 radical (unpaired) electrons. The van der Waals surface area contributed by atoms with Crippen molar-refractivity contribution in [2.45, 2.75) is 43.5 Å². The molecule has 0 aliphatic heterocycles. The molecule has 0 spiro atoms. The molecule has 1 atom stereocenters. The Morgan fingerprint density at radius 2 is 1.86 bits per heavy atom. The van der Waals surface area contributed by atoms with E-state index in [0.717, 1.165) is 37.8 Å². The zero-order valence-corrected chi connectivity index (χ0v) is 12.1. The fraction of sp³-hybridized carbons (Fsp3) is 0.600. The van der Waals surface area contributed by atoms with Gasteiger partial charge in [0.05, 0.1) is 17.2 Å². The van der Waals surface area contributed by atoms with Crippen LogP contribution in [0.4, 0.5) is 17.6 Å². The number of methoxy groups -OCH3 is 1. The van der Waals surface area contributed by atoms with E-state index >= 15 is 0 Å². The van der Waals surface area contributed by atoms with Crippen molar-refractivity contribution in [1.82, 2.24) is 5.32 Å². The molecule has 2 nitrogen and oxygen atoms in total. The van der Waals surface area contributed by atoms with Crippen LogP contribution in [0.2, 0.25) is 0 Å². The predicted octanol–water partition coefficient (Wildman–Crippen LogP) is 4.06. The minimum absolute atomic E-state index is 0.332. The number of halogens is 4. The number of rotatable bonds is 4.